The Morgan fingerprint density at radius 2 is 1.88 bits per heavy atom. The fraction of sp³-hybridized carbons (Fsp3) is 0.300. The highest BCUT2D eigenvalue weighted by atomic mass is 35.5. The molecule has 0 radical (unpaired) electrons. The SMILES string of the molecule is CC[C@H](Oc1ccc(C)cc1C)C(=O)Nc1ccc(Cl)c(C(=O)OC)c1. The number of hydrogen-bond acceptors (Lipinski definition) is 4. The number of benzene rings is 2. The quantitative estimate of drug-likeness (QED) is 0.753. The van der Waals surface area contributed by atoms with Gasteiger partial charge in [-0.1, -0.05) is 36.2 Å². The average Bonchev–Trinajstić information content (AvgIpc) is 2.62. The molecule has 6 heteroatoms. The maximum absolute atomic E-state index is 12.6. The Morgan fingerprint density at radius 3 is 2.50 bits per heavy atom. The minimum atomic E-state index is -0.659. The van der Waals surface area contributed by atoms with Gasteiger partial charge in [-0.15, -0.1) is 0 Å². The smallest absolute Gasteiger partial charge is 0.339 e. The summed E-state index contributed by atoms with van der Waals surface area (Å²) in [6, 6.07) is 10.4. The molecule has 0 fully saturated rings. The summed E-state index contributed by atoms with van der Waals surface area (Å²) >= 11 is 6.00. The second kappa shape index (κ2) is 8.72. The van der Waals surface area contributed by atoms with E-state index in [1.807, 2.05) is 39.0 Å². The van der Waals surface area contributed by atoms with E-state index in [2.05, 4.69) is 10.1 Å². The monoisotopic (exact) mass is 375 g/mol. The number of anilines is 1. The van der Waals surface area contributed by atoms with Gasteiger partial charge >= 0.3 is 5.97 Å². The summed E-state index contributed by atoms with van der Waals surface area (Å²) in [5.74, 6) is -0.195. The number of hydrogen-bond donors (Lipinski definition) is 1. The van der Waals surface area contributed by atoms with E-state index in [9.17, 15) is 9.59 Å². The van der Waals surface area contributed by atoms with E-state index in [0.29, 0.717) is 17.9 Å². The topological polar surface area (TPSA) is 64.6 Å². The van der Waals surface area contributed by atoms with Crippen molar-refractivity contribution in [3.8, 4) is 5.75 Å². The third-order valence-electron chi connectivity index (χ3n) is 3.90. The Labute approximate surface area is 158 Å². The van der Waals surface area contributed by atoms with E-state index in [1.54, 1.807) is 6.07 Å². The van der Waals surface area contributed by atoms with E-state index < -0.39 is 12.1 Å². The maximum Gasteiger partial charge on any atom is 0.339 e. The van der Waals surface area contributed by atoms with Gasteiger partial charge in [-0.3, -0.25) is 4.79 Å². The van der Waals surface area contributed by atoms with E-state index >= 15 is 0 Å². The van der Waals surface area contributed by atoms with Gasteiger partial charge in [0.1, 0.15) is 5.75 Å². The lowest BCUT2D eigenvalue weighted by Gasteiger charge is -2.19. The molecule has 0 aromatic heterocycles. The van der Waals surface area contributed by atoms with Gasteiger partial charge in [0, 0.05) is 5.69 Å². The average molecular weight is 376 g/mol. The van der Waals surface area contributed by atoms with Crippen LogP contribution in [-0.2, 0) is 9.53 Å². The molecule has 5 nitrogen and oxygen atoms in total. The lowest BCUT2D eigenvalue weighted by atomic mass is 10.1. The first kappa shape index (κ1) is 19.8. The van der Waals surface area contributed by atoms with Crippen molar-refractivity contribution in [2.75, 3.05) is 12.4 Å². The number of carbonyl (C=O) groups is 2. The Bertz CT molecular complexity index is 819. The van der Waals surface area contributed by atoms with E-state index in [4.69, 9.17) is 16.3 Å². The third kappa shape index (κ3) is 4.76. The normalized spacial score (nSPS) is 11.6. The van der Waals surface area contributed by atoms with Gasteiger partial charge in [0.05, 0.1) is 17.7 Å². The number of rotatable bonds is 6. The molecule has 0 spiro atoms. The molecule has 2 rings (SSSR count). The second-order valence-corrected chi connectivity index (χ2v) is 6.37. The van der Waals surface area contributed by atoms with Crippen LogP contribution in [0, 0.1) is 13.8 Å². The summed E-state index contributed by atoms with van der Waals surface area (Å²) in [4.78, 5) is 24.3. The Morgan fingerprint density at radius 1 is 1.15 bits per heavy atom. The zero-order chi connectivity index (χ0) is 19.3. The van der Waals surface area contributed by atoms with Gasteiger partial charge in [-0.2, -0.15) is 0 Å². The Kier molecular flexibility index (Phi) is 6.64. The van der Waals surface area contributed by atoms with Gasteiger partial charge in [-0.25, -0.2) is 4.79 Å². The van der Waals surface area contributed by atoms with Crippen molar-refractivity contribution in [2.24, 2.45) is 0 Å². The van der Waals surface area contributed by atoms with E-state index in [0.717, 1.165) is 11.1 Å². The second-order valence-electron chi connectivity index (χ2n) is 5.96. The predicted octanol–water partition coefficient (Wildman–Crippen LogP) is 4.54. The number of methoxy groups -OCH3 is 1. The highest BCUT2D eigenvalue weighted by Gasteiger charge is 2.20. The molecule has 1 N–H and O–H groups in total. The van der Waals surface area contributed by atoms with E-state index in [1.165, 1.54) is 19.2 Å². The fourth-order valence-corrected chi connectivity index (χ4v) is 2.69. The van der Waals surface area contributed by atoms with Crippen LogP contribution in [0.25, 0.3) is 0 Å². The lowest BCUT2D eigenvalue weighted by Crippen LogP contribution is -2.32. The van der Waals surface area contributed by atoms with Crippen LogP contribution in [0.4, 0.5) is 5.69 Å². The first-order chi connectivity index (χ1) is 12.3. The molecule has 2 aromatic carbocycles. The molecule has 1 atom stereocenters. The van der Waals surface area contributed by atoms with Crippen molar-refractivity contribution in [1.82, 2.24) is 0 Å². The summed E-state index contributed by atoms with van der Waals surface area (Å²) in [5, 5.41) is 3.02. The molecule has 1 amide bonds. The predicted molar refractivity (Wildman–Crippen MR) is 102 cm³/mol. The Hall–Kier alpha value is -2.53. The number of nitrogens with one attached hydrogen (secondary N) is 1. The summed E-state index contributed by atoms with van der Waals surface area (Å²) in [5.41, 5.74) is 2.73. The minimum absolute atomic E-state index is 0.190. The van der Waals surface area contributed by atoms with Crippen LogP contribution in [0.15, 0.2) is 36.4 Å². The highest BCUT2D eigenvalue weighted by Crippen LogP contribution is 2.23. The highest BCUT2D eigenvalue weighted by molar-refractivity contribution is 6.33. The van der Waals surface area contributed by atoms with Gasteiger partial charge < -0.3 is 14.8 Å². The molecular weight excluding hydrogens is 354 g/mol. The van der Waals surface area contributed by atoms with Gasteiger partial charge in [0.25, 0.3) is 5.91 Å². The number of carbonyl (C=O) groups excluding carboxylic acids is 2. The molecule has 138 valence electrons. The number of ether oxygens (including phenoxy) is 2. The van der Waals surface area contributed by atoms with Gasteiger partial charge in [-0.05, 0) is 50.1 Å². The maximum atomic E-state index is 12.6. The van der Waals surface area contributed by atoms with Crippen LogP contribution < -0.4 is 10.1 Å². The number of aryl methyl sites for hydroxylation is 2. The zero-order valence-electron chi connectivity index (χ0n) is 15.3. The molecule has 2 aromatic rings. The van der Waals surface area contributed by atoms with Crippen LogP contribution >= 0.6 is 11.6 Å². The molecule has 0 saturated heterocycles. The van der Waals surface area contributed by atoms with Crippen LogP contribution in [0.3, 0.4) is 0 Å². The largest absolute Gasteiger partial charge is 0.480 e. The van der Waals surface area contributed by atoms with Crippen molar-refractivity contribution in [1.29, 1.82) is 0 Å². The number of halogens is 1. The van der Waals surface area contributed by atoms with Crippen molar-refractivity contribution in [2.45, 2.75) is 33.3 Å². The molecule has 0 aliphatic heterocycles. The zero-order valence-corrected chi connectivity index (χ0v) is 16.0. The van der Waals surface area contributed by atoms with Crippen LogP contribution in [0.1, 0.15) is 34.8 Å². The van der Waals surface area contributed by atoms with E-state index in [-0.39, 0.29) is 16.5 Å². The van der Waals surface area contributed by atoms with Crippen LogP contribution in [0.2, 0.25) is 5.02 Å². The summed E-state index contributed by atoms with van der Waals surface area (Å²) in [6.07, 6.45) is -0.162. The molecular formula is C20H22ClNO4. The first-order valence-electron chi connectivity index (χ1n) is 8.28. The van der Waals surface area contributed by atoms with Crippen molar-refractivity contribution >= 4 is 29.2 Å². The number of esters is 1. The van der Waals surface area contributed by atoms with Gasteiger partial charge in [0.15, 0.2) is 6.10 Å². The van der Waals surface area contributed by atoms with Gasteiger partial charge in [0.2, 0.25) is 0 Å². The molecule has 0 saturated carbocycles. The van der Waals surface area contributed by atoms with Crippen molar-refractivity contribution in [3.05, 3.63) is 58.1 Å². The minimum Gasteiger partial charge on any atom is -0.480 e. The molecule has 0 aliphatic rings. The molecule has 26 heavy (non-hydrogen) atoms. The third-order valence-corrected chi connectivity index (χ3v) is 4.23. The Balaban J connectivity index is 2.15. The summed E-state index contributed by atoms with van der Waals surface area (Å²) < 4.78 is 10.6. The summed E-state index contributed by atoms with van der Waals surface area (Å²) in [6.45, 7) is 5.81. The molecule has 0 aliphatic carbocycles. The van der Waals surface area contributed by atoms with Crippen molar-refractivity contribution < 1.29 is 19.1 Å². The van der Waals surface area contributed by atoms with Crippen LogP contribution in [0.5, 0.6) is 5.75 Å². The standard InChI is InChI=1S/C20H22ClNO4/c1-5-17(26-18-9-6-12(2)10-13(18)3)19(23)22-14-7-8-16(21)15(11-14)20(24)25-4/h6-11,17H,5H2,1-4H3,(H,22,23)/t17-/m0/s1. The van der Waals surface area contributed by atoms with Crippen molar-refractivity contribution in [3.63, 3.8) is 0 Å². The fourth-order valence-electron chi connectivity index (χ4n) is 2.50. The summed E-state index contributed by atoms with van der Waals surface area (Å²) in [7, 11) is 1.27. The first-order valence-corrected chi connectivity index (χ1v) is 8.66. The molecule has 0 bridgehead atoms. The number of amides is 1. The van der Waals surface area contributed by atoms with Crippen LogP contribution in [-0.4, -0.2) is 25.1 Å². The lowest BCUT2D eigenvalue weighted by molar-refractivity contribution is -0.122. The molecule has 0 unspecified atom stereocenters. The molecule has 0 heterocycles.